The van der Waals surface area contributed by atoms with Gasteiger partial charge in [0.25, 0.3) is 0 Å². The van der Waals surface area contributed by atoms with Crippen LogP contribution in [0.15, 0.2) is 22.7 Å². The minimum Gasteiger partial charge on any atom is -0.478 e. The molecule has 1 aromatic carbocycles. The lowest BCUT2D eigenvalue weighted by molar-refractivity contribution is 0.0307. The highest BCUT2D eigenvalue weighted by Crippen LogP contribution is 2.21. The molecule has 1 unspecified atom stereocenters. The van der Waals surface area contributed by atoms with Gasteiger partial charge in [-0.1, -0.05) is 15.9 Å². The van der Waals surface area contributed by atoms with E-state index in [1.807, 2.05) is 0 Å². The van der Waals surface area contributed by atoms with E-state index >= 15 is 0 Å². The summed E-state index contributed by atoms with van der Waals surface area (Å²) in [5.74, 6) is -1.12. The molecule has 0 heterocycles. The highest BCUT2D eigenvalue weighted by atomic mass is 79.9. The molecule has 1 atom stereocenters. The second-order valence-electron chi connectivity index (χ2n) is 4.14. The molecular formula is C13H17BrN2O5. The number of methoxy groups -OCH3 is 2. The number of rotatable bonds is 7. The van der Waals surface area contributed by atoms with E-state index in [4.69, 9.17) is 14.6 Å². The second kappa shape index (κ2) is 8.60. The minimum atomic E-state index is -1.12. The van der Waals surface area contributed by atoms with Crippen LogP contribution in [0.3, 0.4) is 0 Å². The molecule has 2 amide bonds. The van der Waals surface area contributed by atoms with Crippen LogP contribution in [-0.4, -0.2) is 50.6 Å². The predicted molar refractivity (Wildman–Crippen MR) is 80.8 cm³/mol. The van der Waals surface area contributed by atoms with E-state index < -0.39 is 12.0 Å². The maximum Gasteiger partial charge on any atom is 0.337 e. The number of halogens is 1. The molecule has 21 heavy (non-hydrogen) atoms. The van der Waals surface area contributed by atoms with Crippen LogP contribution in [0.25, 0.3) is 0 Å². The molecule has 0 saturated heterocycles. The van der Waals surface area contributed by atoms with Crippen molar-refractivity contribution in [2.24, 2.45) is 0 Å². The molecular weight excluding hydrogens is 344 g/mol. The first-order valence-electron chi connectivity index (χ1n) is 6.07. The molecule has 0 aliphatic carbocycles. The van der Waals surface area contributed by atoms with Gasteiger partial charge in [-0.2, -0.15) is 0 Å². The Balaban J connectivity index is 2.66. The first kappa shape index (κ1) is 17.4. The summed E-state index contributed by atoms with van der Waals surface area (Å²) in [6.07, 6.45) is -0.276. The standard InChI is InChI=1S/C13H17BrN2O5/c1-20-7-9(21-2)6-15-13(19)16-11-5-8(14)3-4-10(11)12(17)18/h3-5,9H,6-7H2,1-2H3,(H,17,18)(H2,15,16,19). The van der Waals surface area contributed by atoms with E-state index in [2.05, 4.69) is 26.6 Å². The van der Waals surface area contributed by atoms with Gasteiger partial charge in [-0.3, -0.25) is 0 Å². The van der Waals surface area contributed by atoms with Crippen molar-refractivity contribution in [3.8, 4) is 0 Å². The summed E-state index contributed by atoms with van der Waals surface area (Å²) in [5, 5.41) is 14.2. The zero-order valence-electron chi connectivity index (χ0n) is 11.7. The first-order valence-corrected chi connectivity index (χ1v) is 6.86. The Hall–Kier alpha value is -1.64. The van der Waals surface area contributed by atoms with E-state index in [0.717, 1.165) is 0 Å². The van der Waals surface area contributed by atoms with Gasteiger partial charge < -0.3 is 25.2 Å². The largest absolute Gasteiger partial charge is 0.478 e. The molecule has 3 N–H and O–H groups in total. The maximum absolute atomic E-state index is 11.8. The van der Waals surface area contributed by atoms with Gasteiger partial charge in [0.2, 0.25) is 0 Å². The molecule has 0 bridgehead atoms. The molecule has 7 nitrogen and oxygen atoms in total. The third-order valence-electron chi connectivity index (χ3n) is 2.64. The average molecular weight is 361 g/mol. The Labute approximate surface area is 130 Å². The third-order valence-corrected chi connectivity index (χ3v) is 3.13. The van der Waals surface area contributed by atoms with E-state index in [-0.39, 0.29) is 23.9 Å². The number of amides is 2. The average Bonchev–Trinajstić information content (AvgIpc) is 2.43. The van der Waals surface area contributed by atoms with Crippen LogP contribution in [0.5, 0.6) is 0 Å². The first-order chi connectivity index (χ1) is 9.97. The van der Waals surface area contributed by atoms with Crippen molar-refractivity contribution in [3.63, 3.8) is 0 Å². The molecule has 116 valence electrons. The normalized spacial score (nSPS) is 11.8. The fourth-order valence-electron chi connectivity index (χ4n) is 1.58. The molecule has 1 rings (SSSR count). The van der Waals surface area contributed by atoms with E-state index in [0.29, 0.717) is 11.1 Å². The summed E-state index contributed by atoms with van der Waals surface area (Å²) in [5.41, 5.74) is 0.212. The molecule has 0 radical (unpaired) electrons. The number of hydrogen-bond acceptors (Lipinski definition) is 4. The van der Waals surface area contributed by atoms with Crippen molar-refractivity contribution in [2.45, 2.75) is 6.10 Å². The van der Waals surface area contributed by atoms with E-state index in [9.17, 15) is 9.59 Å². The molecule has 0 saturated carbocycles. The Morgan fingerprint density at radius 2 is 2.10 bits per heavy atom. The Morgan fingerprint density at radius 1 is 1.38 bits per heavy atom. The van der Waals surface area contributed by atoms with Crippen LogP contribution >= 0.6 is 15.9 Å². The highest BCUT2D eigenvalue weighted by molar-refractivity contribution is 9.10. The number of carbonyl (C=O) groups is 2. The van der Waals surface area contributed by atoms with E-state index in [1.54, 1.807) is 6.07 Å². The molecule has 0 aliphatic heterocycles. The van der Waals surface area contributed by atoms with Crippen LogP contribution in [-0.2, 0) is 9.47 Å². The van der Waals surface area contributed by atoms with Crippen molar-refractivity contribution in [2.75, 3.05) is 32.7 Å². The Morgan fingerprint density at radius 3 is 2.67 bits per heavy atom. The number of ether oxygens (including phenoxy) is 2. The van der Waals surface area contributed by atoms with Crippen LogP contribution < -0.4 is 10.6 Å². The van der Waals surface area contributed by atoms with Crippen molar-refractivity contribution in [3.05, 3.63) is 28.2 Å². The van der Waals surface area contributed by atoms with Crippen LogP contribution in [0.4, 0.5) is 10.5 Å². The number of hydrogen-bond donors (Lipinski definition) is 3. The van der Waals surface area contributed by atoms with Gasteiger partial charge in [0.15, 0.2) is 0 Å². The van der Waals surface area contributed by atoms with Crippen LogP contribution in [0, 0.1) is 0 Å². The van der Waals surface area contributed by atoms with Crippen LogP contribution in [0.1, 0.15) is 10.4 Å². The van der Waals surface area contributed by atoms with Crippen molar-refractivity contribution in [1.82, 2.24) is 5.32 Å². The van der Waals surface area contributed by atoms with Crippen LogP contribution in [0.2, 0.25) is 0 Å². The zero-order chi connectivity index (χ0) is 15.8. The number of carbonyl (C=O) groups excluding carboxylic acids is 1. The SMILES string of the molecule is COCC(CNC(=O)Nc1cc(Br)ccc1C(=O)O)OC. The number of urea groups is 1. The number of anilines is 1. The van der Waals surface area contributed by atoms with Gasteiger partial charge in [-0.05, 0) is 18.2 Å². The second-order valence-corrected chi connectivity index (χ2v) is 5.06. The fraction of sp³-hybridized carbons (Fsp3) is 0.385. The number of nitrogens with one attached hydrogen (secondary N) is 2. The van der Waals surface area contributed by atoms with Crippen molar-refractivity contribution < 1.29 is 24.2 Å². The molecule has 0 fully saturated rings. The topological polar surface area (TPSA) is 96.9 Å². The van der Waals surface area contributed by atoms with Gasteiger partial charge in [-0.15, -0.1) is 0 Å². The fourth-order valence-corrected chi connectivity index (χ4v) is 1.94. The minimum absolute atomic E-state index is 0.00790. The predicted octanol–water partition coefficient (Wildman–Crippen LogP) is 1.93. The Bertz CT molecular complexity index is 509. The summed E-state index contributed by atoms with van der Waals surface area (Å²) in [6.45, 7) is 0.584. The van der Waals surface area contributed by atoms with Gasteiger partial charge >= 0.3 is 12.0 Å². The lowest BCUT2D eigenvalue weighted by atomic mass is 10.2. The number of carboxylic acid groups (broad SMARTS) is 1. The highest BCUT2D eigenvalue weighted by Gasteiger charge is 2.14. The lowest BCUT2D eigenvalue weighted by Gasteiger charge is -2.16. The maximum atomic E-state index is 11.8. The zero-order valence-corrected chi connectivity index (χ0v) is 13.3. The molecule has 0 aromatic heterocycles. The van der Waals surface area contributed by atoms with Gasteiger partial charge in [-0.25, -0.2) is 9.59 Å². The van der Waals surface area contributed by atoms with Gasteiger partial charge in [0.05, 0.1) is 24.0 Å². The molecule has 0 spiro atoms. The van der Waals surface area contributed by atoms with E-state index in [1.165, 1.54) is 26.4 Å². The number of aromatic carboxylic acids is 1. The summed E-state index contributed by atoms with van der Waals surface area (Å²) in [4.78, 5) is 22.9. The molecule has 1 aromatic rings. The molecule has 8 heteroatoms. The van der Waals surface area contributed by atoms with Gasteiger partial charge in [0, 0.05) is 25.2 Å². The molecule has 0 aliphatic rings. The lowest BCUT2D eigenvalue weighted by Crippen LogP contribution is -2.38. The Kier molecular flexibility index (Phi) is 7.13. The van der Waals surface area contributed by atoms with Crippen molar-refractivity contribution in [1.29, 1.82) is 0 Å². The summed E-state index contributed by atoms with van der Waals surface area (Å²) in [7, 11) is 3.05. The van der Waals surface area contributed by atoms with Crippen molar-refractivity contribution >= 4 is 33.6 Å². The summed E-state index contributed by atoms with van der Waals surface area (Å²) < 4.78 is 10.7. The third kappa shape index (κ3) is 5.70. The summed E-state index contributed by atoms with van der Waals surface area (Å²) in [6, 6.07) is 4.00. The van der Waals surface area contributed by atoms with Gasteiger partial charge in [0.1, 0.15) is 0 Å². The smallest absolute Gasteiger partial charge is 0.337 e. The number of benzene rings is 1. The number of carboxylic acids is 1. The quantitative estimate of drug-likeness (QED) is 0.690. The summed E-state index contributed by atoms with van der Waals surface area (Å²) >= 11 is 3.23. The monoisotopic (exact) mass is 360 g/mol.